The molecule has 5 heteroatoms. The van der Waals surface area contributed by atoms with Crippen LogP contribution in [0.15, 0.2) is 30.5 Å². The van der Waals surface area contributed by atoms with Gasteiger partial charge in [0.25, 0.3) is 5.91 Å². The number of nitrogens with zero attached hydrogens (tertiary/aromatic N) is 1. The molecule has 1 amide bonds. The first kappa shape index (κ1) is 15.7. The lowest BCUT2D eigenvalue weighted by Crippen LogP contribution is -2.17. The highest BCUT2D eigenvalue weighted by molar-refractivity contribution is 7.15. The van der Waals surface area contributed by atoms with Crippen LogP contribution in [-0.4, -0.2) is 31.2 Å². The maximum Gasteiger partial charge on any atom is 0.251 e. The summed E-state index contributed by atoms with van der Waals surface area (Å²) in [6, 6.07) is 7.52. The number of carbonyl (C=O) groups excluding carboxylic acids is 1. The van der Waals surface area contributed by atoms with Gasteiger partial charge in [0, 0.05) is 37.9 Å². The number of carbonyl (C=O) groups is 1. The molecule has 0 bridgehead atoms. The number of hydrogen-bond acceptors (Lipinski definition) is 4. The van der Waals surface area contributed by atoms with Crippen molar-refractivity contribution >= 4 is 17.2 Å². The molecule has 1 aliphatic heterocycles. The third kappa shape index (κ3) is 3.98. The van der Waals surface area contributed by atoms with Gasteiger partial charge in [0.1, 0.15) is 0 Å². The fraction of sp³-hybridized carbons (Fsp3) is 0.333. The molecule has 1 N–H and O–H groups in total. The molecule has 2 aromatic rings. The fourth-order valence-corrected chi connectivity index (χ4v) is 3.18. The molecule has 1 fully saturated rings. The molecule has 0 atom stereocenters. The van der Waals surface area contributed by atoms with Crippen LogP contribution in [0.3, 0.4) is 0 Å². The predicted molar refractivity (Wildman–Crippen MR) is 91.4 cm³/mol. The van der Waals surface area contributed by atoms with Gasteiger partial charge in [0.2, 0.25) is 0 Å². The second kappa shape index (κ2) is 7.40. The van der Waals surface area contributed by atoms with Gasteiger partial charge in [-0.2, -0.15) is 0 Å². The molecule has 1 saturated heterocycles. The molecule has 1 aromatic carbocycles. The molecule has 0 saturated carbocycles. The van der Waals surface area contributed by atoms with E-state index >= 15 is 0 Å². The van der Waals surface area contributed by atoms with Crippen molar-refractivity contribution in [3.63, 3.8) is 0 Å². The number of aromatic nitrogens is 1. The summed E-state index contributed by atoms with van der Waals surface area (Å²) in [5, 5.41) is 3.45. The Morgan fingerprint density at radius 1 is 1.30 bits per heavy atom. The van der Waals surface area contributed by atoms with Crippen molar-refractivity contribution in [2.24, 2.45) is 5.92 Å². The van der Waals surface area contributed by atoms with E-state index in [2.05, 4.69) is 22.1 Å². The molecular weight excluding hydrogens is 308 g/mol. The van der Waals surface area contributed by atoms with Crippen LogP contribution < -0.4 is 5.32 Å². The maximum absolute atomic E-state index is 11.6. The lowest BCUT2D eigenvalue weighted by molar-refractivity contribution is 0.0807. The molecule has 2 heterocycles. The number of ether oxygens (including phenoxy) is 1. The Kier molecular flexibility index (Phi) is 5.06. The maximum atomic E-state index is 11.6. The van der Waals surface area contributed by atoms with E-state index in [-0.39, 0.29) is 5.91 Å². The van der Waals surface area contributed by atoms with Crippen molar-refractivity contribution in [1.82, 2.24) is 10.3 Å². The average molecular weight is 326 g/mol. The van der Waals surface area contributed by atoms with Crippen LogP contribution in [-0.2, 0) is 4.74 Å². The standard InChI is InChI=1S/C18H18N2O2S/c1-19-18(21)15-5-3-14(4-6-15)16-12-20-17(23-16)7-2-13-8-10-22-11-9-13/h3-6,12-13H,8-11H2,1H3,(H,19,21). The Morgan fingerprint density at radius 2 is 2.04 bits per heavy atom. The molecule has 3 rings (SSSR count). The van der Waals surface area contributed by atoms with Gasteiger partial charge < -0.3 is 10.1 Å². The molecule has 1 aliphatic rings. The summed E-state index contributed by atoms with van der Waals surface area (Å²) in [6.07, 6.45) is 3.85. The Bertz CT molecular complexity index is 734. The average Bonchev–Trinajstić information content (AvgIpc) is 3.09. The zero-order chi connectivity index (χ0) is 16.1. The molecule has 118 valence electrons. The van der Waals surface area contributed by atoms with Crippen LogP contribution in [0, 0.1) is 17.8 Å². The summed E-state index contributed by atoms with van der Waals surface area (Å²) in [4.78, 5) is 17.0. The second-order valence-corrected chi connectivity index (χ2v) is 6.37. The molecule has 0 radical (unpaired) electrons. The number of thiazole rings is 1. The van der Waals surface area contributed by atoms with Gasteiger partial charge in [0.15, 0.2) is 5.01 Å². The number of rotatable bonds is 2. The number of hydrogen-bond donors (Lipinski definition) is 1. The number of amides is 1. The molecule has 23 heavy (non-hydrogen) atoms. The molecule has 1 aromatic heterocycles. The van der Waals surface area contributed by atoms with E-state index in [4.69, 9.17) is 4.74 Å². The molecular formula is C18H18N2O2S. The fourth-order valence-electron chi connectivity index (χ4n) is 2.40. The van der Waals surface area contributed by atoms with Crippen molar-refractivity contribution < 1.29 is 9.53 Å². The second-order valence-electron chi connectivity index (χ2n) is 5.34. The Morgan fingerprint density at radius 3 is 2.74 bits per heavy atom. The van der Waals surface area contributed by atoms with Crippen molar-refractivity contribution in [2.45, 2.75) is 12.8 Å². The lowest BCUT2D eigenvalue weighted by atomic mass is 10.0. The highest BCUT2D eigenvalue weighted by Gasteiger charge is 2.11. The number of benzene rings is 1. The summed E-state index contributed by atoms with van der Waals surface area (Å²) in [5.74, 6) is 6.82. The van der Waals surface area contributed by atoms with Gasteiger partial charge in [-0.15, -0.1) is 11.3 Å². The zero-order valence-corrected chi connectivity index (χ0v) is 13.8. The normalized spacial score (nSPS) is 14.8. The van der Waals surface area contributed by atoms with Gasteiger partial charge in [-0.05, 0) is 36.5 Å². The predicted octanol–water partition coefficient (Wildman–Crippen LogP) is 2.95. The molecule has 0 aliphatic carbocycles. The van der Waals surface area contributed by atoms with Crippen molar-refractivity contribution in [2.75, 3.05) is 20.3 Å². The highest BCUT2D eigenvalue weighted by atomic mass is 32.1. The van der Waals surface area contributed by atoms with Crippen LogP contribution >= 0.6 is 11.3 Å². The molecule has 0 unspecified atom stereocenters. The van der Waals surface area contributed by atoms with Crippen LogP contribution in [0.25, 0.3) is 10.4 Å². The van der Waals surface area contributed by atoms with Crippen LogP contribution in [0.1, 0.15) is 28.2 Å². The third-order valence-corrected chi connectivity index (χ3v) is 4.73. The van der Waals surface area contributed by atoms with Gasteiger partial charge in [-0.3, -0.25) is 4.79 Å². The van der Waals surface area contributed by atoms with E-state index < -0.39 is 0 Å². The summed E-state index contributed by atoms with van der Waals surface area (Å²) in [7, 11) is 1.63. The first-order valence-electron chi connectivity index (χ1n) is 7.64. The van der Waals surface area contributed by atoms with Gasteiger partial charge in [-0.1, -0.05) is 18.1 Å². The zero-order valence-electron chi connectivity index (χ0n) is 13.0. The van der Waals surface area contributed by atoms with E-state index in [1.165, 1.54) is 0 Å². The smallest absolute Gasteiger partial charge is 0.251 e. The minimum absolute atomic E-state index is 0.0797. The van der Waals surface area contributed by atoms with E-state index in [0.29, 0.717) is 11.5 Å². The molecule has 0 spiro atoms. The largest absolute Gasteiger partial charge is 0.381 e. The van der Waals surface area contributed by atoms with Crippen molar-refractivity contribution in [3.8, 4) is 22.3 Å². The van der Waals surface area contributed by atoms with Gasteiger partial charge in [-0.25, -0.2) is 4.98 Å². The van der Waals surface area contributed by atoms with Crippen LogP contribution in [0.5, 0.6) is 0 Å². The topological polar surface area (TPSA) is 51.2 Å². The minimum atomic E-state index is -0.0797. The van der Waals surface area contributed by atoms with E-state index in [9.17, 15) is 4.79 Å². The first-order valence-corrected chi connectivity index (χ1v) is 8.45. The minimum Gasteiger partial charge on any atom is -0.381 e. The summed E-state index contributed by atoms with van der Waals surface area (Å²) in [6.45, 7) is 1.61. The highest BCUT2D eigenvalue weighted by Crippen LogP contribution is 2.26. The van der Waals surface area contributed by atoms with Gasteiger partial charge in [0.05, 0.1) is 4.88 Å². The van der Waals surface area contributed by atoms with Crippen LogP contribution in [0.2, 0.25) is 0 Å². The van der Waals surface area contributed by atoms with Crippen molar-refractivity contribution in [1.29, 1.82) is 0 Å². The van der Waals surface area contributed by atoms with E-state index in [1.54, 1.807) is 18.4 Å². The summed E-state index contributed by atoms with van der Waals surface area (Å²) < 4.78 is 5.34. The Labute approximate surface area is 139 Å². The Balaban J connectivity index is 1.71. The number of nitrogens with one attached hydrogen (secondary N) is 1. The first-order chi connectivity index (χ1) is 11.3. The van der Waals surface area contributed by atoms with Crippen LogP contribution in [0.4, 0.5) is 0 Å². The molecule has 4 nitrogen and oxygen atoms in total. The summed E-state index contributed by atoms with van der Waals surface area (Å²) >= 11 is 1.58. The quantitative estimate of drug-likeness (QED) is 0.863. The van der Waals surface area contributed by atoms with E-state index in [0.717, 1.165) is 41.5 Å². The SMILES string of the molecule is CNC(=O)c1ccc(-c2cnc(C#CC3CCOCC3)s2)cc1. The lowest BCUT2D eigenvalue weighted by Gasteiger charge is -2.16. The van der Waals surface area contributed by atoms with E-state index in [1.807, 2.05) is 30.5 Å². The third-order valence-electron chi connectivity index (χ3n) is 3.77. The van der Waals surface area contributed by atoms with Crippen molar-refractivity contribution in [3.05, 3.63) is 41.0 Å². The van der Waals surface area contributed by atoms with Gasteiger partial charge >= 0.3 is 0 Å². The Hall–Kier alpha value is -2.16. The summed E-state index contributed by atoms with van der Waals surface area (Å²) in [5.41, 5.74) is 1.70. The monoisotopic (exact) mass is 326 g/mol.